The number of hydrogen-bond donors (Lipinski definition) is 2. The first-order valence-corrected chi connectivity index (χ1v) is 11.7. The fourth-order valence-corrected chi connectivity index (χ4v) is 4.24. The first-order chi connectivity index (χ1) is 17.5. The summed E-state index contributed by atoms with van der Waals surface area (Å²) in [7, 11) is 0. The van der Waals surface area contributed by atoms with Crippen LogP contribution in [0, 0.1) is 0 Å². The van der Waals surface area contributed by atoms with Crippen LogP contribution < -0.4 is 11.1 Å². The van der Waals surface area contributed by atoms with Crippen molar-refractivity contribution in [2.24, 2.45) is 0 Å². The Morgan fingerprint density at radius 1 is 1.00 bits per heavy atom. The summed E-state index contributed by atoms with van der Waals surface area (Å²) < 4.78 is 6.77. The summed E-state index contributed by atoms with van der Waals surface area (Å²) in [6.45, 7) is 2.21. The molecule has 0 aliphatic heterocycles. The molecule has 1 amide bonds. The largest absolute Gasteiger partial charge is 0.462 e. The van der Waals surface area contributed by atoms with E-state index in [1.165, 1.54) is 0 Å². The third kappa shape index (κ3) is 4.23. The summed E-state index contributed by atoms with van der Waals surface area (Å²) >= 11 is 6.25. The molecule has 0 saturated carbocycles. The number of anilines is 1. The Bertz CT molecular complexity index is 1630. The van der Waals surface area contributed by atoms with Gasteiger partial charge >= 0.3 is 5.97 Å². The number of hydrogen-bond acceptors (Lipinski definition) is 6. The SMILES string of the molecule is CCOC(=O)c1cccc(-n2c(N)c(C(=O)NCc3ccccc3Cl)c3nc4ccccc4nc32)c1. The van der Waals surface area contributed by atoms with Gasteiger partial charge in [0.15, 0.2) is 5.65 Å². The number of fused-ring (bicyclic) bond motifs is 2. The Hall–Kier alpha value is -4.43. The number of halogens is 1. The minimum absolute atomic E-state index is 0.151. The average molecular weight is 500 g/mol. The van der Waals surface area contributed by atoms with Crippen LogP contribution in [0.15, 0.2) is 72.8 Å². The first kappa shape index (κ1) is 23.3. The molecular weight excluding hydrogens is 478 g/mol. The molecule has 3 N–H and O–H groups in total. The quantitative estimate of drug-likeness (QED) is 0.321. The van der Waals surface area contributed by atoms with Crippen LogP contribution in [0.1, 0.15) is 33.2 Å². The van der Waals surface area contributed by atoms with Crippen molar-refractivity contribution < 1.29 is 14.3 Å². The van der Waals surface area contributed by atoms with Crippen molar-refractivity contribution in [3.63, 3.8) is 0 Å². The highest BCUT2D eigenvalue weighted by Gasteiger charge is 2.25. The molecule has 3 aromatic carbocycles. The van der Waals surface area contributed by atoms with Gasteiger partial charge in [0, 0.05) is 17.3 Å². The van der Waals surface area contributed by atoms with Crippen LogP contribution in [0.25, 0.3) is 27.9 Å². The summed E-state index contributed by atoms with van der Waals surface area (Å²) in [6.07, 6.45) is 0. The number of nitrogens with one attached hydrogen (secondary N) is 1. The van der Waals surface area contributed by atoms with Gasteiger partial charge in [0.1, 0.15) is 16.9 Å². The molecule has 0 aliphatic carbocycles. The van der Waals surface area contributed by atoms with Gasteiger partial charge in [0.2, 0.25) is 0 Å². The van der Waals surface area contributed by atoms with Gasteiger partial charge < -0.3 is 15.8 Å². The van der Waals surface area contributed by atoms with Crippen LogP contribution >= 0.6 is 11.6 Å². The molecule has 0 radical (unpaired) electrons. The van der Waals surface area contributed by atoms with Gasteiger partial charge in [-0.15, -0.1) is 0 Å². The Kier molecular flexibility index (Phi) is 6.26. The number of nitrogens with two attached hydrogens (primary N) is 1. The summed E-state index contributed by atoms with van der Waals surface area (Å²) in [5.74, 6) is -0.719. The number of rotatable bonds is 6. The summed E-state index contributed by atoms with van der Waals surface area (Å²) in [6, 6.07) is 21.4. The second-order valence-electron chi connectivity index (χ2n) is 8.03. The number of carbonyl (C=O) groups excluding carboxylic acids is 2. The van der Waals surface area contributed by atoms with E-state index < -0.39 is 11.9 Å². The van der Waals surface area contributed by atoms with Crippen LogP contribution in [0.4, 0.5) is 5.82 Å². The smallest absolute Gasteiger partial charge is 0.338 e. The lowest BCUT2D eigenvalue weighted by Gasteiger charge is -2.10. The average Bonchev–Trinajstić information content (AvgIpc) is 3.17. The molecule has 0 fully saturated rings. The molecule has 8 nitrogen and oxygen atoms in total. The molecule has 9 heteroatoms. The van der Waals surface area contributed by atoms with Gasteiger partial charge in [0.05, 0.1) is 23.2 Å². The summed E-state index contributed by atoms with van der Waals surface area (Å²) in [5.41, 5.74) is 10.5. The van der Waals surface area contributed by atoms with Gasteiger partial charge in [-0.05, 0) is 48.9 Å². The van der Waals surface area contributed by atoms with E-state index in [-0.39, 0.29) is 24.5 Å². The number of nitrogen functional groups attached to an aromatic ring is 1. The van der Waals surface area contributed by atoms with Crippen molar-refractivity contribution in [2.75, 3.05) is 12.3 Å². The van der Waals surface area contributed by atoms with E-state index in [2.05, 4.69) is 5.32 Å². The highest BCUT2D eigenvalue weighted by atomic mass is 35.5. The maximum absolute atomic E-state index is 13.4. The van der Waals surface area contributed by atoms with Crippen molar-refractivity contribution in [2.45, 2.75) is 13.5 Å². The van der Waals surface area contributed by atoms with E-state index in [1.54, 1.807) is 41.8 Å². The molecular formula is C27H22ClN5O3. The van der Waals surface area contributed by atoms with Crippen LogP contribution in [0.5, 0.6) is 0 Å². The molecule has 0 saturated heterocycles. The topological polar surface area (TPSA) is 112 Å². The fraction of sp³-hybridized carbons (Fsp3) is 0.111. The zero-order valence-electron chi connectivity index (χ0n) is 19.4. The Morgan fingerprint density at radius 2 is 1.72 bits per heavy atom. The highest BCUT2D eigenvalue weighted by molar-refractivity contribution is 6.31. The van der Waals surface area contributed by atoms with Gasteiger partial charge in [0.25, 0.3) is 5.91 Å². The Morgan fingerprint density at radius 3 is 2.47 bits per heavy atom. The molecule has 180 valence electrons. The van der Waals surface area contributed by atoms with Crippen molar-refractivity contribution in [1.29, 1.82) is 0 Å². The number of benzene rings is 3. The maximum Gasteiger partial charge on any atom is 0.338 e. The third-order valence-corrected chi connectivity index (χ3v) is 6.11. The molecule has 5 aromatic rings. The fourth-order valence-electron chi connectivity index (χ4n) is 4.04. The van der Waals surface area contributed by atoms with Crippen molar-refractivity contribution in [3.8, 4) is 5.69 Å². The highest BCUT2D eigenvalue weighted by Crippen LogP contribution is 2.31. The van der Waals surface area contributed by atoms with E-state index in [1.807, 2.05) is 42.5 Å². The van der Waals surface area contributed by atoms with Gasteiger partial charge in [-0.1, -0.05) is 48.0 Å². The van der Waals surface area contributed by atoms with E-state index in [4.69, 9.17) is 32.0 Å². The van der Waals surface area contributed by atoms with Crippen molar-refractivity contribution in [1.82, 2.24) is 19.9 Å². The number of ether oxygens (including phenoxy) is 1. The van der Waals surface area contributed by atoms with Crippen LogP contribution in [-0.4, -0.2) is 33.0 Å². The third-order valence-electron chi connectivity index (χ3n) is 5.74. The number of amides is 1. The number of esters is 1. The molecule has 5 rings (SSSR count). The molecule has 0 aliphatic rings. The lowest BCUT2D eigenvalue weighted by atomic mass is 10.2. The van der Waals surface area contributed by atoms with E-state index >= 15 is 0 Å². The minimum Gasteiger partial charge on any atom is -0.462 e. The van der Waals surface area contributed by atoms with Crippen LogP contribution in [0.2, 0.25) is 5.02 Å². The monoisotopic (exact) mass is 499 g/mol. The summed E-state index contributed by atoms with van der Waals surface area (Å²) in [5, 5.41) is 3.44. The molecule has 2 aromatic heterocycles. The van der Waals surface area contributed by atoms with Crippen LogP contribution in [-0.2, 0) is 11.3 Å². The molecule has 0 spiro atoms. The van der Waals surface area contributed by atoms with Gasteiger partial charge in [-0.2, -0.15) is 0 Å². The second-order valence-corrected chi connectivity index (χ2v) is 8.43. The van der Waals surface area contributed by atoms with E-state index in [0.29, 0.717) is 38.5 Å². The van der Waals surface area contributed by atoms with E-state index in [9.17, 15) is 9.59 Å². The normalized spacial score (nSPS) is 11.1. The number of aromatic nitrogens is 3. The predicted molar refractivity (Wildman–Crippen MR) is 139 cm³/mol. The lowest BCUT2D eigenvalue weighted by Crippen LogP contribution is -2.24. The molecule has 0 bridgehead atoms. The second kappa shape index (κ2) is 9.67. The zero-order chi connectivity index (χ0) is 25.2. The van der Waals surface area contributed by atoms with Gasteiger partial charge in [-0.3, -0.25) is 9.36 Å². The molecule has 36 heavy (non-hydrogen) atoms. The molecule has 0 atom stereocenters. The minimum atomic E-state index is -0.455. The Labute approximate surface area is 211 Å². The standard InChI is InChI=1S/C27H22ClN5O3/c1-2-36-27(35)16-9-7-10-18(14-16)33-24(29)22(26(34)30-15-17-8-3-4-11-19(17)28)23-25(33)32-21-13-6-5-12-20(21)31-23/h3-14H,2,15,29H2,1H3,(H,30,34). The Balaban J connectivity index is 1.65. The molecule has 0 unspecified atom stereocenters. The predicted octanol–water partition coefficient (Wildman–Crippen LogP) is 4.92. The first-order valence-electron chi connectivity index (χ1n) is 11.3. The maximum atomic E-state index is 13.4. The van der Waals surface area contributed by atoms with Crippen molar-refractivity contribution in [3.05, 3.63) is 94.5 Å². The van der Waals surface area contributed by atoms with Crippen LogP contribution in [0.3, 0.4) is 0 Å². The van der Waals surface area contributed by atoms with Crippen molar-refractivity contribution >= 4 is 51.5 Å². The summed E-state index contributed by atoms with van der Waals surface area (Å²) in [4.78, 5) is 35.3. The van der Waals surface area contributed by atoms with E-state index in [0.717, 1.165) is 5.56 Å². The lowest BCUT2D eigenvalue weighted by molar-refractivity contribution is 0.0526. The number of para-hydroxylation sites is 2. The van der Waals surface area contributed by atoms with Gasteiger partial charge in [-0.25, -0.2) is 14.8 Å². The molecule has 2 heterocycles. The number of nitrogens with zero attached hydrogens (tertiary/aromatic N) is 3. The number of carbonyl (C=O) groups is 2. The zero-order valence-corrected chi connectivity index (χ0v) is 20.1.